The van der Waals surface area contributed by atoms with E-state index in [-0.39, 0.29) is 12.5 Å². The topological polar surface area (TPSA) is 81.7 Å². The number of rotatable bonds is 5. The largest absolute Gasteiger partial charge is 0.360 e. The zero-order valence-electron chi connectivity index (χ0n) is 17.1. The van der Waals surface area contributed by atoms with Gasteiger partial charge in [0.15, 0.2) is 4.77 Å². The van der Waals surface area contributed by atoms with Gasteiger partial charge < -0.3 is 20.2 Å². The van der Waals surface area contributed by atoms with Gasteiger partial charge in [0.1, 0.15) is 5.82 Å². The van der Waals surface area contributed by atoms with Crippen molar-refractivity contribution in [2.45, 2.75) is 0 Å². The molecule has 7 nitrogen and oxygen atoms in total. The first-order chi connectivity index (χ1) is 15.6. The van der Waals surface area contributed by atoms with Gasteiger partial charge in [-0.25, -0.2) is 4.98 Å². The van der Waals surface area contributed by atoms with Crippen LogP contribution >= 0.6 is 39.9 Å². The van der Waals surface area contributed by atoms with E-state index in [1.54, 1.807) is 6.33 Å². The molecule has 0 saturated carbocycles. The van der Waals surface area contributed by atoms with E-state index in [1.165, 1.54) is 0 Å². The van der Waals surface area contributed by atoms with Crippen LogP contribution in [0.4, 0.5) is 5.82 Å². The third kappa shape index (κ3) is 4.22. The molecule has 0 spiro atoms. The van der Waals surface area contributed by atoms with E-state index in [0.29, 0.717) is 4.77 Å². The van der Waals surface area contributed by atoms with E-state index < -0.39 is 0 Å². The molecule has 0 unspecified atom stereocenters. The molecule has 0 radical (unpaired) electrons. The Balaban J connectivity index is 1.56. The molecule has 2 aromatic heterocycles. The van der Waals surface area contributed by atoms with E-state index >= 15 is 0 Å². The van der Waals surface area contributed by atoms with Gasteiger partial charge in [-0.1, -0.05) is 28.1 Å². The van der Waals surface area contributed by atoms with Crippen molar-refractivity contribution in [2.24, 2.45) is 0 Å². The van der Waals surface area contributed by atoms with Gasteiger partial charge in [-0.15, -0.1) is 0 Å². The quantitative estimate of drug-likeness (QED) is 0.323. The van der Waals surface area contributed by atoms with Gasteiger partial charge in [0, 0.05) is 34.6 Å². The van der Waals surface area contributed by atoms with Crippen LogP contribution in [0.5, 0.6) is 0 Å². The highest BCUT2D eigenvalue weighted by molar-refractivity contribution is 9.10. The number of amides is 1. The van der Waals surface area contributed by atoms with Gasteiger partial charge in [0.25, 0.3) is 0 Å². The number of nitrogens with one attached hydrogen (secondary N) is 3. The number of imidazole rings is 2. The molecule has 1 aliphatic rings. The number of benzene rings is 2. The number of hydrogen-bond donors (Lipinski definition) is 3. The van der Waals surface area contributed by atoms with Crippen LogP contribution in [0.3, 0.4) is 0 Å². The summed E-state index contributed by atoms with van der Waals surface area (Å²) in [5.41, 5.74) is 4.49. The summed E-state index contributed by atoms with van der Waals surface area (Å²) in [7, 11) is 0. The molecule has 164 valence electrons. The number of fused-ring (bicyclic) bond motifs is 1. The number of halogens is 1. The minimum absolute atomic E-state index is 0.0909. The third-order valence-electron chi connectivity index (χ3n) is 5.44. The lowest BCUT2D eigenvalue weighted by Gasteiger charge is -2.26. The average Bonchev–Trinajstić information content (AvgIpc) is 3.41. The Labute approximate surface area is 202 Å². The van der Waals surface area contributed by atoms with Crippen molar-refractivity contribution < 1.29 is 4.79 Å². The number of aromatic amines is 2. The first-order valence-electron chi connectivity index (χ1n) is 10.2. The Hall–Kier alpha value is -2.56. The van der Waals surface area contributed by atoms with Crippen LogP contribution < -0.4 is 5.32 Å². The Kier molecular flexibility index (Phi) is 6.07. The molecule has 5 rings (SSSR count). The monoisotopic (exact) mass is 528 g/mol. The second kappa shape index (κ2) is 9.13. The molecule has 1 amide bonds. The first-order valence-corrected chi connectivity index (χ1v) is 12.6. The summed E-state index contributed by atoms with van der Waals surface area (Å²) in [6, 6.07) is 13.9. The maximum absolute atomic E-state index is 12.9. The third-order valence-corrected chi connectivity index (χ3v) is 7.16. The fourth-order valence-electron chi connectivity index (χ4n) is 3.85. The van der Waals surface area contributed by atoms with Crippen molar-refractivity contribution in [3.8, 4) is 16.9 Å². The summed E-state index contributed by atoms with van der Waals surface area (Å²) in [6.45, 7) is 1.78. The molecule has 0 aliphatic carbocycles. The molecule has 1 saturated heterocycles. The molecular weight excluding hydrogens is 508 g/mol. The van der Waals surface area contributed by atoms with Crippen LogP contribution in [-0.4, -0.2) is 61.5 Å². The van der Waals surface area contributed by atoms with Crippen molar-refractivity contribution in [3.05, 3.63) is 58.0 Å². The second-order valence-electron chi connectivity index (χ2n) is 7.45. The van der Waals surface area contributed by atoms with E-state index in [9.17, 15) is 4.79 Å². The molecule has 2 aromatic carbocycles. The zero-order valence-corrected chi connectivity index (χ0v) is 20.3. The summed E-state index contributed by atoms with van der Waals surface area (Å²) in [5.74, 6) is 2.82. The van der Waals surface area contributed by atoms with Crippen molar-refractivity contribution in [2.75, 3.05) is 36.5 Å². The lowest BCUT2D eigenvalue weighted by molar-refractivity contribution is -0.128. The van der Waals surface area contributed by atoms with Crippen LogP contribution in [0.2, 0.25) is 0 Å². The fraction of sp³-hybridized carbons (Fsp3) is 0.227. The SMILES string of the molecule is O=C(CNc1c(-c2cccc(Br)c2)[nH]c(=S)n1-c1ccc2nc[nH]c2c1)N1CCSCC1. The van der Waals surface area contributed by atoms with Gasteiger partial charge in [-0.2, -0.15) is 11.8 Å². The number of thioether (sulfide) groups is 1. The summed E-state index contributed by atoms with van der Waals surface area (Å²) in [4.78, 5) is 25.6. The molecule has 0 bridgehead atoms. The highest BCUT2D eigenvalue weighted by Gasteiger charge is 2.20. The number of hydrogen-bond acceptors (Lipinski definition) is 5. The lowest BCUT2D eigenvalue weighted by Crippen LogP contribution is -2.41. The molecule has 4 aromatic rings. The number of nitrogens with zero attached hydrogens (tertiary/aromatic N) is 3. The standard InChI is InChI=1S/C22H21BrN6OS2/c23-15-3-1-2-14(10-15)20-21(24-12-19(30)28-6-8-32-9-7-28)29(22(31)27-20)16-4-5-17-18(11-16)26-13-25-17/h1-5,10-11,13,24H,6-9,12H2,(H,25,26)(H,27,31). The molecule has 10 heteroatoms. The molecule has 1 fully saturated rings. The van der Waals surface area contributed by atoms with Gasteiger partial charge in [0.2, 0.25) is 5.91 Å². The number of carbonyl (C=O) groups is 1. The Morgan fingerprint density at radius 2 is 2.06 bits per heavy atom. The van der Waals surface area contributed by atoms with E-state index in [1.807, 2.05) is 63.7 Å². The number of H-pyrrole nitrogens is 2. The molecule has 3 heterocycles. The minimum atomic E-state index is 0.0909. The second-order valence-corrected chi connectivity index (χ2v) is 9.98. The minimum Gasteiger partial charge on any atom is -0.360 e. The summed E-state index contributed by atoms with van der Waals surface area (Å²) >= 11 is 11.2. The average molecular weight is 529 g/mol. The Bertz CT molecular complexity index is 1340. The highest BCUT2D eigenvalue weighted by Crippen LogP contribution is 2.32. The van der Waals surface area contributed by atoms with Crippen LogP contribution in [0, 0.1) is 4.77 Å². The van der Waals surface area contributed by atoms with E-state index in [2.05, 4.69) is 36.2 Å². The van der Waals surface area contributed by atoms with Crippen LogP contribution in [-0.2, 0) is 4.79 Å². The summed E-state index contributed by atoms with van der Waals surface area (Å²) in [6.07, 6.45) is 1.67. The first kappa shape index (κ1) is 21.3. The predicted octanol–water partition coefficient (Wildman–Crippen LogP) is 4.83. The maximum atomic E-state index is 12.9. The molecule has 32 heavy (non-hydrogen) atoms. The van der Waals surface area contributed by atoms with Crippen LogP contribution in [0.25, 0.3) is 28.0 Å². The molecule has 3 N–H and O–H groups in total. The van der Waals surface area contributed by atoms with Gasteiger partial charge in [0.05, 0.1) is 35.3 Å². The zero-order chi connectivity index (χ0) is 22.1. The Morgan fingerprint density at radius 1 is 1.22 bits per heavy atom. The molecule has 0 atom stereocenters. The number of carbonyl (C=O) groups excluding carboxylic acids is 1. The van der Waals surface area contributed by atoms with Crippen molar-refractivity contribution >= 4 is 62.7 Å². The van der Waals surface area contributed by atoms with Crippen molar-refractivity contribution in [1.29, 1.82) is 0 Å². The highest BCUT2D eigenvalue weighted by atomic mass is 79.9. The number of anilines is 1. The van der Waals surface area contributed by atoms with E-state index in [0.717, 1.165) is 62.9 Å². The van der Waals surface area contributed by atoms with E-state index in [4.69, 9.17) is 12.2 Å². The normalized spacial score (nSPS) is 14.1. The Morgan fingerprint density at radius 3 is 2.88 bits per heavy atom. The lowest BCUT2D eigenvalue weighted by atomic mass is 10.1. The van der Waals surface area contributed by atoms with Crippen molar-refractivity contribution in [1.82, 2.24) is 24.4 Å². The maximum Gasteiger partial charge on any atom is 0.241 e. The van der Waals surface area contributed by atoms with Gasteiger partial charge in [-0.3, -0.25) is 9.36 Å². The summed E-state index contributed by atoms with van der Waals surface area (Å²) < 4.78 is 3.45. The van der Waals surface area contributed by atoms with Crippen molar-refractivity contribution in [3.63, 3.8) is 0 Å². The summed E-state index contributed by atoms with van der Waals surface area (Å²) in [5, 5.41) is 3.38. The van der Waals surface area contributed by atoms with Gasteiger partial charge in [-0.05, 0) is 42.5 Å². The predicted molar refractivity (Wildman–Crippen MR) is 136 cm³/mol. The fourth-order valence-corrected chi connectivity index (χ4v) is 5.45. The molecule has 1 aliphatic heterocycles. The van der Waals surface area contributed by atoms with Gasteiger partial charge >= 0.3 is 0 Å². The molecular formula is C22H21BrN6OS2. The van der Waals surface area contributed by atoms with Crippen LogP contribution in [0.15, 0.2) is 53.3 Å². The smallest absolute Gasteiger partial charge is 0.241 e. The number of aromatic nitrogens is 4. The van der Waals surface area contributed by atoms with Crippen LogP contribution in [0.1, 0.15) is 0 Å².